The molecule has 0 saturated heterocycles. The molecule has 0 saturated carbocycles. The van der Waals surface area contributed by atoms with Gasteiger partial charge in [-0.3, -0.25) is 54.6 Å². The summed E-state index contributed by atoms with van der Waals surface area (Å²) in [6.45, 7) is 0.625. The van der Waals surface area contributed by atoms with Crippen molar-refractivity contribution in [1.82, 2.24) is 0 Å². The van der Waals surface area contributed by atoms with Crippen LogP contribution in [0.15, 0.2) is 0 Å². The minimum absolute atomic E-state index is 0.146. The summed E-state index contributed by atoms with van der Waals surface area (Å²) in [5, 5.41) is 50.0. The summed E-state index contributed by atoms with van der Waals surface area (Å²) in [7, 11) is -28.0. The fraction of sp³-hybridized carbons (Fsp3) is 1.00. The van der Waals surface area contributed by atoms with Crippen molar-refractivity contribution >= 4 is 62.4 Å². The normalized spacial score (nSPS) is 11.5. The van der Waals surface area contributed by atoms with E-state index in [1.54, 1.807) is 6.92 Å². The summed E-state index contributed by atoms with van der Waals surface area (Å²) < 4.78 is 190. The Balaban J connectivity index is -0.0000000584. The molecule has 0 heterocycles. The maximum absolute atomic E-state index is 8.74. The van der Waals surface area contributed by atoms with Crippen molar-refractivity contribution in [2.24, 2.45) is 11.3 Å². The summed E-state index contributed by atoms with van der Waals surface area (Å²) in [5.41, 5.74) is -0.708. The molecular formula is C9H34O30S6. The number of aliphatic hydroxyl groups excluding tert-OH is 6. The Morgan fingerprint density at radius 3 is 0.444 bits per heavy atom. The zero-order chi connectivity index (χ0) is 39.3. The predicted octanol–water partition coefficient (Wildman–Crippen LogP) is -6.37. The second kappa shape index (κ2) is 30.3. The Bertz CT molecular complexity index is 1010. The maximum Gasteiger partial charge on any atom is 0.394 e. The van der Waals surface area contributed by atoms with Crippen LogP contribution in [0.4, 0.5) is 0 Å². The molecule has 0 fully saturated rings. The third-order valence-corrected chi connectivity index (χ3v) is 1.92. The van der Waals surface area contributed by atoms with Gasteiger partial charge >= 0.3 is 62.4 Å². The van der Waals surface area contributed by atoms with Crippen molar-refractivity contribution in [3.63, 3.8) is 0 Å². The van der Waals surface area contributed by atoms with Crippen molar-refractivity contribution in [3.05, 3.63) is 0 Å². The van der Waals surface area contributed by atoms with E-state index < -0.39 is 67.8 Å². The first-order valence-corrected chi connectivity index (χ1v) is 17.3. The zero-order valence-electron chi connectivity index (χ0n) is 21.7. The highest BCUT2D eigenvalue weighted by atomic mass is 32.3. The first kappa shape index (κ1) is 62.8. The Morgan fingerprint density at radius 2 is 0.444 bits per heavy atom. The molecule has 36 heteroatoms. The van der Waals surface area contributed by atoms with Crippen LogP contribution in [0.3, 0.4) is 0 Å². The third-order valence-electron chi connectivity index (χ3n) is 1.92. The summed E-state index contributed by atoms with van der Waals surface area (Å²) >= 11 is 0. The molecule has 0 aliphatic heterocycles. The Labute approximate surface area is 255 Å². The average molecular weight is 815 g/mol. The highest BCUT2D eigenvalue weighted by Crippen LogP contribution is 2.10. The lowest BCUT2D eigenvalue weighted by Gasteiger charge is -2.20. The fourth-order valence-electron chi connectivity index (χ4n) is 0.323. The van der Waals surface area contributed by atoms with Gasteiger partial charge in [0.2, 0.25) is 0 Å². The third kappa shape index (κ3) is 369. The lowest BCUT2D eigenvalue weighted by molar-refractivity contribution is 0.0200. The van der Waals surface area contributed by atoms with E-state index in [4.69, 9.17) is 136 Å². The van der Waals surface area contributed by atoms with E-state index in [1.165, 1.54) is 0 Å². The van der Waals surface area contributed by atoms with Crippen molar-refractivity contribution < 1.29 is 136 Å². The van der Waals surface area contributed by atoms with Gasteiger partial charge in [-0.15, -0.1) is 0 Å². The molecule has 0 aliphatic rings. The fourth-order valence-corrected chi connectivity index (χ4v) is 0.323. The second-order valence-corrected chi connectivity index (χ2v) is 11.8. The summed E-state index contributed by atoms with van der Waals surface area (Å²) in [6.07, 6.45) is 0. The molecule has 0 atom stereocenters. The van der Waals surface area contributed by atoms with E-state index in [0.717, 1.165) is 0 Å². The smallest absolute Gasteiger partial charge is 0.394 e. The predicted molar refractivity (Wildman–Crippen MR) is 139 cm³/mol. The van der Waals surface area contributed by atoms with E-state index in [0.29, 0.717) is 0 Å². The monoisotopic (exact) mass is 814 g/mol. The molecule has 30 nitrogen and oxygen atoms in total. The molecule has 0 unspecified atom stereocenters. The molecule has 286 valence electrons. The molecule has 45 heavy (non-hydrogen) atoms. The van der Waals surface area contributed by atoms with Crippen molar-refractivity contribution in [3.8, 4) is 0 Å². The molecular weight excluding hydrogens is 780 g/mol. The van der Waals surface area contributed by atoms with Gasteiger partial charge in [0.15, 0.2) is 0 Å². The van der Waals surface area contributed by atoms with E-state index in [9.17, 15) is 0 Å². The topological polar surface area (TPSA) is 569 Å². The molecule has 0 amide bonds. The maximum atomic E-state index is 8.74. The van der Waals surface area contributed by atoms with E-state index in [-0.39, 0.29) is 45.6 Å². The first-order valence-electron chi connectivity index (χ1n) is 8.87. The van der Waals surface area contributed by atoms with Gasteiger partial charge in [0.1, 0.15) is 0 Å². The van der Waals surface area contributed by atoms with Gasteiger partial charge in [-0.25, -0.2) is 0 Å². The van der Waals surface area contributed by atoms with Crippen LogP contribution in [0.5, 0.6) is 0 Å². The number of aliphatic hydroxyl groups is 6. The lowest BCUT2D eigenvalue weighted by atomic mass is 9.95. The van der Waals surface area contributed by atoms with Gasteiger partial charge in [0.25, 0.3) is 0 Å². The average Bonchev–Trinajstić information content (AvgIpc) is 2.68. The molecule has 0 aromatic rings. The van der Waals surface area contributed by atoms with Crippen LogP contribution in [0.25, 0.3) is 0 Å². The summed E-state index contributed by atoms with van der Waals surface area (Å²) in [6, 6.07) is 0. The van der Waals surface area contributed by atoms with Crippen molar-refractivity contribution in [2.75, 3.05) is 39.6 Å². The minimum atomic E-state index is -4.67. The standard InChI is InChI=1S/C5H12O3.C4H10O3.6H2O4S/c1-5(2-6,3-7)4-8;5-1-4(2-6)3-7;6*1-5(2,3)4/h6-8H,2-4H2,1H3;4-7H,1-3H2;6*(H2,1,2,3,4). The Morgan fingerprint density at radius 1 is 0.356 bits per heavy atom. The van der Waals surface area contributed by atoms with Crippen LogP contribution in [0, 0.1) is 11.3 Å². The van der Waals surface area contributed by atoms with E-state index in [2.05, 4.69) is 0 Å². The minimum Gasteiger partial charge on any atom is -0.396 e. The zero-order valence-corrected chi connectivity index (χ0v) is 26.6. The van der Waals surface area contributed by atoms with Crippen LogP contribution >= 0.6 is 0 Å². The summed E-state index contributed by atoms with van der Waals surface area (Å²) in [4.78, 5) is 0. The second-order valence-electron chi connectivity index (χ2n) is 6.39. The van der Waals surface area contributed by atoms with Gasteiger partial charge in [-0.05, 0) is 0 Å². The molecule has 0 aromatic carbocycles. The van der Waals surface area contributed by atoms with Gasteiger partial charge in [-0.2, -0.15) is 50.5 Å². The van der Waals surface area contributed by atoms with Crippen LogP contribution < -0.4 is 0 Å². The number of hydrogen-bond acceptors (Lipinski definition) is 18. The lowest BCUT2D eigenvalue weighted by Crippen LogP contribution is -2.29. The van der Waals surface area contributed by atoms with Gasteiger partial charge in [-0.1, -0.05) is 6.92 Å². The van der Waals surface area contributed by atoms with Crippen LogP contribution in [0.1, 0.15) is 6.92 Å². The Hall–Kier alpha value is -1.02. The first-order chi connectivity index (χ1) is 19.0. The van der Waals surface area contributed by atoms with E-state index >= 15 is 0 Å². The highest BCUT2D eigenvalue weighted by Gasteiger charge is 2.20. The van der Waals surface area contributed by atoms with Gasteiger partial charge < -0.3 is 30.6 Å². The molecule has 0 spiro atoms. The summed E-state index contributed by atoms with van der Waals surface area (Å²) in [5.74, 6) is -0.347. The van der Waals surface area contributed by atoms with Gasteiger partial charge in [0.05, 0.1) is 39.6 Å². The van der Waals surface area contributed by atoms with Crippen LogP contribution in [-0.4, -0.2) is 175 Å². The molecule has 0 aliphatic carbocycles. The SMILES string of the molecule is CC(CO)(CO)CO.O=S(=O)(O)O.O=S(=O)(O)O.O=S(=O)(O)O.O=S(=O)(O)O.O=S(=O)(O)O.O=S(=O)(O)O.OCC(CO)CO. The molecule has 0 radical (unpaired) electrons. The van der Waals surface area contributed by atoms with Crippen LogP contribution in [-0.2, 0) is 62.4 Å². The molecule has 18 N–H and O–H groups in total. The molecule has 0 rings (SSSR count). The molecule has 0 aromatic heterocycles. The van der Waals surface area contributed by atoms with Crippen molar-refractivity contribution in [1.29, 1.82) is 0 Å². The van der Waals surface area contributed by atoms with Gasteiger partial charge in [0, 0.05) is 11.3 Å². The Kier molecular flexibility index (Phi) is 42.3. The van der Waals surface area contributed by atoms with Crippen LogP contribution in [0.2, 0.25) is 0 Å². The van der Waals surface area contributed by atoms with Crippen molar-refractivity contribution in [2.45, 2.75) is 6.92 Å². The molecule has 0 bridgehead atoms. The largest absolute Gasteiger partial charge is 0.396 e. The highest BCUT2D eigenvalue weighted by molar-refractivity contribution is 7.81. The number of rotatable bonds is 6. The number of hydrogen-bond donors (Lipinski definition) is 18. The van der Waals surface area contributed by atoms with E-state index in [1.807, 2.05) is 0 Å². The quantitative estimate of drug-likeness (QED) is 0.111.